The van der Waals surface area contributed by atoms with E-state index >= 15 is 0 Å². The van der Waals surface area contributed by atoms with Crippen molar-refractivity contribution in [3.05, 3.63) is 33.8 Å². The Balaban J connectivity index is 1.98. The standard InChI is InChI=1S/C14H20BrNO2/c1-11-2-3-12(8-13(11)15)9-16-14(10-17)4-6-18-7-5-14/h2-3,8,16-17H,4-7,9-10H2,1H3. The second-order valence-corrected chi connectivity index (χ2v) is 5.84. The highest BCUT2D eigenvalue weighted by Gasteiger charge is 2.31. The quantitative estimate of drug-likeness (QED) is 0.897. The molecule has 0 radical (unpaired) electrons. The normalized spacial score (nSPS) is 18.8. The van der Waals surface area contributed by atoms with Crippen LogP contribution in [-0.4, -0.2) is 30.5 Å². The molecule has 1 aromatic rings. The summed E-state index contributed by atoms with van der Waals surface area (Å²) < 4.78 is 6.49. The number of aryl methyl sites for hydroxylation is 1. The van der Waals surface area contributed by atoms with E-state index in [0.29, 0.717) is 0 Å². The SMILES string of the molecule is Cc1ccc(CNC2(CO)CCOCC2)cc1Br. The lowest BCUT2D eigenvalue weighted by atomic mass is 9.90. The first kappa shape index (κ1) is 14.0. The Morgan fingerprint density at radius 1 is 1.39 bits per heavy atom. The Kier molecular flexibility index (Phi) is 4.78. The minimum atomic E-state index is -0.171. The van der Waals surface area contributed by atoms with Gasteiger partial charge in [0.25, 0.3) is 0 Å². The number of hydrogen-bond acceptors (Lipinski definition) is 3. The molecule has 0 atom stereocenters. The molecule has 0 bridgehead atoms. The molecule has 1 heterocycles. The fourth-order valence-electron chi connectivity index (χ4n) is 2.19. The lowest BCUT2D eigenvalue weighted by Gasteiger charge is -2.36. The van der Waals surface area contributed by atoms with Crippen LogP contribution >= 0.6 is 15.9 Å². The molecule has 1 aromatic carbocycles. The predicted molar refractivity (Wildman–Crippen MR) is 75.6 cm³/mol. The van der Waals surface area contributed by atoms with Crippen molar-refractivity contribution in [1.82, 2.24) is 5.32 Å². The van der Waals surface area contributed by atoms with Gasteiger partial charge in [-0.15, -0.1) is 0 Å². The van der Waals surface area contributed by atoms with E-state index in [2.05, 4.69) is 46.4 Å². The zero-order valence-corrected chi connectivity index (χ0v) is 12.3. The van der Waals surface area contributed by atoms with Crippen LogP contribution < -0.4 is 5.32 Å². The molecule has 1 aliphatic rings. The van der Waals surface area contributed by atoms with Gasteiger partial charge in [0.1, 0.15) is 0 Å². The molecule has 18 heavy (non-hydrogen) atoms. The minimum absolute atomic E-state index is 0.170. The summed E-state index contributed by atoms with van der Waals surface area (Å²) in [4.78, 5) is 0. The molecular weight excluding hydrogens is 294 g/mol. The second-order valence-electron chi connectivity index (χ2n) is 4.99. The molecule has 0 unspecified atom stereocenters. The molecular formula is C14H20BrNO2. The Labute approximate surface area is 117 Å². The fourth-order valence-corrected chi connectivity index (χ4v) is 2.62. The third kappa shape index (κ3) is 3.32. The fraction of sp³-hybridized carbons (Fsp3) is 0.571. The van der Waals surface area contributed by atoms with Gasteiger partial charge in [-0.3, -0.25) is 0 Å². The van der Waals surface area contributed by atoms with E-state index in [4.69, 9.17) is 4.74 Å². The number of rotatable bonds is 4. The van der Waals surface area contributed by atoms with Crippen molar-refractivity contribution in [2.24, 2.45) is 0 Å². The van der Waals surface area contributed by atoms with Gasteiger partial charge in [0, 0.05) is 29.8 Å². The highest BCUT2D eigenvalue weighted by atomic mass is 79.9. The van der Waals surface area contributed by atoms with Gasteiger partial charge in [0.05, 0.1) is 6.61 Å². The van der Waals surface area contributed by atoms with Crippen molar-refractivity contribution >= 4 is 15.9 Å². The molecule has 100 valence electrons. The molecule has 0 spiro atoms. The number of benzene rings is 1. The molecule has 1 fully saturated rings. The van der Waals surface area contributed by atoms with Crippen LogP contribution in [0, 0.1) is 6.92 Å². The predicted octanol–water partition coefficient (Wildman–Crippen LogP) is 2.39. The van der Waals surface area contributed by atoms with Crippen molar-refractivity contribution in [3.8, 4) is 0 Å². The van der Waals surface area contributed by atoms with Gasteiger partial charge in [-0.05, 0) is 37.0 Å². The zero-order chi connectivity index (χ0) is 13.0. The van der Waals surface area contributed by atoms with Gasteiger partial charge in [0.2, 0.25) is 0 Å². The highest BCUT2D eigenvalue weighted by molar-refractivity contribution is 9.10. The summed E-state index contributed by atoms with van der Waals surface area (Å²) >= 11 is 3.55. The first-order chi connectivity index (χ1) is 8.65. The van der Waals surface area contributed by atoms with Crippen LogP contribution in [0.25, 0.3) is 0 Å². The number of nitrogens with one attached hydrogen (secondary N) is 1. The van der Waals surface area contributed by atoms with Crippen LogP contribution in [0.15, 0.2) is 22.7 Å². The summed E-state index contributed by atoms with van der Waals surface area (Å²) in [6.45, 7) is 4.48. The molecule has 1 aliphatic heterocycles. The van der Waals surface area contributed by atoms with Crippen LogP contribution in [0.2, 0.25) is 0 Å². The summed E-state index contributed by atoms with van der Waals surface area (Å²) in [6.07, 6.45) is 1.74. The van der Waals surface area contributed by atoms with Gasteiger partial charge in [-0.25, -0.2) is 0 Å². The van der Waals surface area contributed by atoms with E-state index < -0.39 is 0 Å². The van der Waals surface area contributed by atoms with Crippen LogP contribution in [0.5, 0.6) is 0 Å². The van der Waals surface area contributed by atoms with Gasteiger partial charge in [-0.1, -0.05) is 28.1 Å². The molecule has 4 heteroatoms. The average molecular weight is 314 g/mol. The summed E-state index contributed by atoms with van der Waals surface area (Å²) in [7, 11) is 0. The smallest absolute Gasteiger partial charge is 0.0615 e. The molecule has 1 saturated heterocycles. The Bertz CT molecular complexity index is 403. The number of hydrogen-bond donors (Lipinski definition) is 2. The van der Waals surface area contributed by atoms with Gasteiger partial charge < -0.3 is 15.2 Å². The number of aliphatic hydroxyl groups is 1. The van der Waals surface area contributed by atoms with Gasteiger partial charge in [0.15, 0.2) is 0 Å². The zero-order valence-electron chi connectivity index (χ0n) is 10.7. The largest absolute Gasteiger partial charge is 0.394 e. The molecule has 2 N–H and O–H groups in total. The summed E-state index contributed by atoms with van der Waals surface area (Å²) in [5.74, 6) is 0. The first-order valence-corrected chi connectivity index (χ1v) is 7.13. The van der Waals surface area contributed by atoms with Crippen LogP contribution in [-0.2, 0) is 11.3 Å². The molecule has 2 rings (SSSR count). The lowest BCUT2D eigenvalue weighted by Crippen LogP contribution is -2.51. The van der Waals surface area contributed by atoms with E-state index in [1.807, 2.05) is 0 Å². The van der Waals surface area contributed by atoms with Crippen molar-refractivity contribution in [1.29, 1.82) is 0 Å². The number of aliphatic hydroxyl groups excluding tert-OH is 1. The molecule has 0 aromatic heterocycles. The van der Waals surface area contributed by atoms with E-state index in [-0.39, 0.29) is 12.1 Å². The van der Waals surface area contributed by atoms with E-state index in [1.54, 1.807) is 0 Å². The monoisotopic (exact) mass is 313 g/mol. The van der Waals surface area contributed by atoms with E-state index in [0.717, 1.165) is 37.1 Å². The Hall–Kier alpha value is -0.420. The van der Waals surface area contributed by atoms with Crippen molar-refractivity contribution in [2.75, 3.05) is 19.8 Å². The maximum absolute atomic E-state index is 9.59. The molecule has 0 aliphatic carbocycles. The van der Waals surface area contributed by atoms with Crippen molar-refractivity contribution in [2.45, 2.75) is 31.8 Å². The maximum atomic E-state index is 9.59. The average Bonchev–Trinajstić information content (AvgIpc) is 2.41. The molecule has 3 nitrogen and oxygen atoms in total. The maximum Gasteiger partial charge on any atom is 0.0615 e. The lowest BCUT2D eigenvalue weighted by molar-refractivity contribution is 0.0111. The first-order valence-electron chi connectivity index (χ1n) is 6.34. The summed E-state index contributed by atoms with van der Waals surface area (Å²) in [6, 6.07) is 6.36. The topological polar surface area (TPSA) is 41.5 Å². The molecule has 0 amide bonds. The van der Waals surface area contributed by atoms with Gasteiger partial charge >= 0.3 is 0 Å². The highest BCUT2D eigenvalue weighted by Crippen LogP contribution is 2.22. The van der Waals surface area contributed by atoms with E-state index in [9.17, 15) is 5.11 Å². The third-order valence-electron chi connectivity index (χ3n) is 3.66. The Morgan fingerprint density at radius 2 is 2.11 bits per heavy atom. The Morgan fingerprint density at radius 3 is 2.72 bits per heavy atom. The van der Waals surface area contributed by atoms with E-state index in [1.165, 1.54) is 11.1 Å². The number of halogens is 1. The van der Waals surface area contributed by atoms with Crippen LogP contribution in [0.1, 0.15) is 24.0 Å². The summed E-state index contributed by atoms with van der Waals surface area (Å²) in [5, 5.41) is 13.1. The summed E-state index contributed by atoms with van der Waals surface area (Å²) in [5.41, 5.74) is 2.30. The van der Waals surface area contributed by atoms with Crippen LogP contribution in [0.4, 0.5) is 0 Å². The van der Waals surface area contributed by atoms with Crippen LogP contribution in [0.3, 0.4) is 0 Å². The third-order valence-corrected chi connectivity index (χ3v) is 4.51. The minimum Gasteiger partial charge on any atom is -0.394 e. The number of ether oxygens (including phenoxy) is 1. The molecule has 0 saturated carbocycles. The second kappa shape index (κ2) is 6.15. The van der Waals surface area contributed by atoms with Gasteiger partial charge in [-0.2, -0.15) is 0 Å². The van der Waals surface area contributed by atoms with Crippen molar-refractivity contribution in [3.63, 3.8) is 0 Å². The van der Waals surface area contributed by atoms with Crippen molar-refractivity contribution < 1.29 is 9.84 Å².